The van der Waals surface area contributed by atoms with Crippen molar-refractivity contribution in [3.63, 3.8) is 0 Å². The van der Waals surface area contributed by atoms with E-state index in [4.69, 9.17) is 0 Å². The van der Waals surface area contributed by atoms with Crippen molar-refractivity contribution >= 4 is 5.91 Å². The predicted molar refractivity (Wildman–Crippen MR) is 97.7 cm³/mol. The summed E-state index contributed by atoms with van der Waals surface area (Å²) in [5.74, 6) is 0.667. The molecule has 1 amide bonds. The summed E-state index contributed by atoms with van der Waals surface area (Å²) in [7, 11) is 0. The number of nitrogens with zero attached hydrogens (tertiary/aromatic N) is 4. The summed E-state index contributed by atoms with van der Waals surface area (Å²) < 4.78 is 1.78. The summed E-state index contributed by atoms with van der Waals surface area (Å²) in [4.78, 5) is 21.5. The van der Waals surface area contributed by atoms with Crippen LogP contribution >= 0.6 is 0 Å². The Labute approximate surface area is 152 Å². The highest BCUT2D eigenvalue weighted by molar-refractivity contribution is 5.94. The molecular formula is C20H21N5O. The van der Waals surface area contributed by atoms with Crippen molar-refractivity contribution in [2.75, 3.05) is 0 Å². The Bertz CT molecular complexity index is 919. The molecule has 1 N–H and O–H groups in total. The summed E-state index contributed by atoms with van der Waals surface area (Å²) in [6.07, 6.45) is 8.12. The Morgan fingerprint density at radius 2 is 2.12 bits per heavy atom. The molecule has 1 aliphatic carbocycles. The summed E-state index contributed by atoms with van der Waals surface area (Å²) >= 11 is 0. The van der Waals surface area contributed by atoms with Crippen LogP contribution in [0.1, 0.15) is 51.9 Å². The number of amides is 1. The van der Waals surface area contributed by atoms with E-state index in [1.54, 1.807) is 17.1 Å². The van der Waals surface area contributed by atoms with Gasteiger partial charge in [-0.25, -0.2) is 9.97 Å². The maximum Gasteiger partial charge on any atom is 0.254 e. The predicted octanol–water partition coefficient (Wildman–Crippen LogP) is 2.84. The first kappa shape index (κ1) is 16.4. The summed E-state index contributed by atoms with van der Waals surface area (Å²) in [6.45, 7) is 2.54. The van der Waals surface area contributed by atoms with E-state index in [2.05, 4.69) is 20.4 Å². The molecule has 0 aliphatic heterocycles. The third kappa shape index (κ3) is 3.49. The summed E-state index contributed by atoms with van der Waals surface area (Å²) in [5.41, 5.74) is 3.80. The number of hydrogen-bond acceptors (Lipinski definition) is 4. The van der Waals surface area contributed by atoms with E-state index in [1.807, 2.05) is 43.5 Å². The third-order valence-electron chi connectivity index (χ3n) is 4.69. The third-order valence-corrected chi connectivity index (χ3v) is 4.69. The van der Waals surface area contributed by atoms with Crippen LogP contribution in [0.5, 0.6) is 0 Å². The van der Waals surface area contributed by atoms with E-state index in [0.29, 0.717) is 12.1 Å². The first-order valence-corrected chi connectivity index (χ1v) is 8.89. The van der Waals surface area contributed by atoms with Gasteiger partial charge in [0.2, 0.25) is 0 Å². The Morgan fingerprint density at radius 1 is 1.27 bits per heavy atom. The van der Waals surface area contributed by atoms with Gasteiger partial charge in [0.15, 0.2) is 0 Å². The lowest BCUT2D eigenvalue weighted by molar-refractivity contribution is 0.0932. The van der Waals surface area contributed by atoms with Gasteiger partial charge in [0.1, 0.15) is 5.82 Å². The second kappa shape index (κ2) is 7.07. The van der Waals surface area contributed by atoms with Crippen LogP contribution in [0, 0.1) is 6.92 Å². The first-order chi connectivity index (χ1) is 12.7. The highest BCUT2D eigenvalue weighted by Crippen LogP contribution is 2.28. The molecule has 1 aromatic carbocycles. The number of fused-ring (bicyclic) bond motifs is 1. The zero-order valence-corrected chi connectivity index (χ0v) is 14.7. The fourth-order valence-electron chi connectivity index (χ4n) is 3.38. The summed E-state index contributed by atoms with van der Waals surface area (Å²) in [5, 5.41) is 7.43. The van der Waals surface area contributed by atoms with Crippen molar-refractivity contribution in [2.24, 2.45) is 0 Å². The Kier molecular flexibility index (Phi) is 4.48. The molecule has 132 valence electrons. The highest BCUT2D eigenvalue weighted by atomic mass is 16.1. The quantitative estimate of drug-likeness (QED) is 0.788. The van der Waals surface area contributed by atoms with Crippen molar-refractivity contribution < 1.29 is 4.79 Å². The number of rotatable bonds is 4. The standard InChI is InChI=1S/C20H21N5O/c1-14-21-11-17-18(23-14)8-5-9-19(17)24-20(26)16-10-22-25(13-16)12-15-6-3-2-4-7-15/h2-4,6-7,10-11,13,19H,5,8-9,12H2,1H3,(H,24,26)/t19-/m0/s1. The topological polar surface area (TPSA) is 72.7 Å². The van der Waals surface area contributed by atoms with E-state index in [9.17, 15) is 4.79 Å². The van der Waals surface area contributed by atoms with Crippen LogP contribution in [-0.2, 0) is 13.0 Å². The molecular weight excluding hydrogens is 326 g/mol. The largest absolute Gasteiger partial charge is 0.345 e. The maximum absolute atomic E-state index is 12.7. The number of nitrogens with one attached hydrogen (secondary N) is 1. The van der Waals surface area contributed by atoms with Gasteiger partial charge in [-0.15, -0.1) is 0 Å². The van der Waals surface area contributed by atoms with Crippen molar-refractivity contribution in [1.29, 1.82) is 0 Å². The number of hydrogen-bond donors (Lipinski definition) is 1. The van der Waals surface area contributed by atoms with E-state index in [-0.39, 0.29) is 11.9 Å². The number of carbonyl (C=O) groups is 1. The highest BCUT2D eigenvalue weighted by Gasteiger charge is 2.24. The van der Waals surface area contributed by atoms with Crippen molar-refractivity contribution in [1.82, 2.24) is 25.1 Å². The van der Waals surface area contributed by atoms with E-state index in [1.165, 1.54) is 0 Å². The Morgan fingerprint density at radius 3 is 2.96 bits per heavy atom. The molecule has 6 nitrogen and oxygen atoms in total. The van der Waals surface area contributed by atoms with Gasteiger partial charge in [0, 0.05) is 23.7 Å². The van der Waals surface area contributed by atoms with Crippen molar-refractivity contribution in [3.8, 4) is 0 Å². The minimum atomic E-state index is -0.109. The maximum atomic E-state index is 12.7. The van der Waals surface area contributed by atoms with Crippen molar-refractivity contribution in [3.05, 3.63) is 77.1 Å². The van der Waals surface area contributed by atoms with Crippen LogP contribution in [0.2, 0.25) is 0 Å². The smallest absolute Gasteiger partial charge is 0.254 e. The lowest BCUT2D eigenvalue weighted by Crippen LogP contribution is -2.31. The van der Waals surface area contributed by atoms with Crippen LogP contribution in [0.3, 0.4) is 0 Å². The van der Waals surface area contributed by atoms with Gasteiger partial charge < -0.3 is 5.32 Å². The van der Waals surface area contributed by atoms with E-state index in [0.717, 1.165) is 41.9 Å². The van der Waals surface area contributed by atoms with Crippen LogP contribution in [0.15, 0.2) is 48.9 Å². The summed E-state index contributed by atoms with van der Waals surface area (Å²) in [6, 6.07) is 10.0. The SMILES string of the molecule is Cc1ncc2c(n1)CCC[C@@H]2NC(=O)c1cnn(Cc2ccccc2)c1. The van der Waals surface area contributed by atoms with Crippen LogP contribution in [0.25, 0.3) is 0 Å². The normalized spacial score (nSPS) is 16.1. The molecule has 0 unspecified atom stereocenters. The first-order valence-electron chi connectivity index (χ1n) is 8.89. The molecule has 0 spiro atoms. The molecule has 0 bridgehead atoms. The van der Waals surface area contributed by atoms with Crippen molar-refractivity contribution in [2.45, 2.75) is 38.8 Å². The Balaban J connectivity index is 1.46. The van der Waals surface area contributed by atoms with E-state index < -0.39 is 0 Å². The zero-order chi connectivity index (χ0) is 17.9. The number of aryl methyl sites for hydroxylation is 2. The second-order valence-electron chi connectivity index (χ2n) is 6.65. The molecule has 2 heterocycles. The number of aromatic nitrogens is 4. The van der Waals surface area contributed by atoms with Gasteiger partial charge in [-0.1, -0.05) is 30.3 Å². The van der Waals surface area contributed by atoms with E-state index >= 15 is 0 Å². The minimum Gasteiger partial charge on any atom is -0.345 e. The molecule has 0 saturated carbocycles. The molecule has 0 saturated heterocycles. The number of benzene rings is 1. The average molecular weight is 347 g/mol. The van der Waals surface area contributed by atoms with Crippen LogP contribution in [-0.4, -0.2) is 25.7 Å². The number of carbonyl (C=O) groups excluding carboxylic acids is 1. The molecule has 1 atom stereocenters. The molecule has 6 heteroatoms. The fourth-order valence-corrected chi connectivity index (χ4v) is 3.38. The second-order valence-corrected chi connectivity index (χ2v) is 6.65. The molecule has 0 fully saturated rings. The van der Waals surface area contributed by atoms with Gasteiger partial charge >= 0.3 is 0 Å². The molecule has 2 aromatic heterocycles. The Hall–Kier alpha value is -3.02. The van der Waals surface area contributed by atoms with Gasteiger partial charge in [-0.3, -0.25) is 9.48 Å². The monoisotopic (exact) mass is 347 g/mol. The van der Waals surface area contributed by atoms with Crippen LogP contribution in [0.4, 0.5) is 0 Å². The molecule has 26 heavy (non-hydrogen) atoms. The average Bonchev–Trinajstić information content (AvgIpc) is 3.11. The fraction of sp³-hybridized carbons (Fsp3) is 0.300. The van der Waals surface area contributed by atoms with Gasteiger partial charge in [-0.2, -0.15) is 5.10 Å². The van der Waals surface area contributed by atoms with Gasteiger partial charge in [-0.05, 0) is 31.7 Å². The van der Waals surface area contributed by atoms with Crippen LogP contribution < -0.4 is 5.32 Å². The molecule has 0 radical (unpaired) electrons. The molecule has 4 rings (SSSR count). The van der Waals surface area contributed by atoms with Gasteiger partial charge in [0.05, 0.1) is 24.3 Å². The molecule has 1 aliphatic rings. The minimum absolute atomic E-state index is 0.0377. The lowest BCUT2D eigenvalue weighted by Gasteiger charge is -2.25. The lowest BCUT2D eigenvalue weighted by atomic mass is 9.92. The van der Waals surface area contributed by atoms with Gasteiger partial charge in [0.25, 0.3) is 5.91 Å². The zero-order valence-electron chi connectivity index (χ0n) is 14.7. The molecule has 3 aromatic rings.